The predicted molar refractivity (Wildman–Crippen MR) is 141 cm³/mol. The van der Waals surface area contributed by atoms with E-state index in [4.69, 9.17) is 21.7 Å². The first-order valence-corrected chi connectivity index (χ1v) is 12.4. The van der Waals surface area contributed by atoms with E-state index in [1.54, 1.807) is 36.3 Å². The quantitative estimate of drug-likeness (QED) is 0.233. The molecular formula is C26H21BrFNO3S2. The Morgan fingerprint density at radius 3 is 2.44 bits per heavy atom. The Balaban J connectivity index is 1.52. The number of amides is 1. The number of nitrogens with zero attached hydrogens (tertiary/aromatic N) is 1. The van der Waals surface area contributed by atoms with Gasteiger partial charge in [-0.2, -0.15) is 0 Å². The van der Waals surface area contributed by atoms with Gasteiger partial charge in [-0.15, -0.1) is 0 Å². The summed E-state index contributed by atoms with van der Waals surface area (Å²) >= 11 is 10.3. The minimum absolute atomic E-state index is 0.123. The minimum Gasteiger partial charge on any atom is -0.493 e. The van der Waals surface area contributed by atoms with Crippen LogP contribution in [-0.2, 0) is 17.9 Å². The lowest BCUT2D eigenvalue weighted by Crippen LogP contribution is -2.27. The summed E-state index contributed by atoms with van der Waals surface area (Å²) in [5.41, 5.74) is 3.79. The largest absolute Gasteiger partial charge is 0.493 e. The number of benzene rings is 3. The van der Waals surface area contributed by atoms with Crippen molar-refractivity contribution in [3.05, 3.63) is 98.1 Å². The van der Waals surface area contributed by atoms with Crippen molar-refractivity contribution >= 4 is 56.2 Å². The zero-order valence-electron chi connectivity index (χ0n) is 18.5. The maximum absolute atomic E-state index is 13.1. The molecule has 8 heteroatoms. The fraction of sp³-hybridized carbons (Fsp3) is 0.154. The van der Waals surface area contributed by atoms with Gasteiger partial charge in [0.15, 0.2) is 11.5 Å². The molecular weight excluding hydrogens is 537 g/mol. The zero-order chi connectivity index (χ0) is 24.2. The van der Waals surface area contributed by atoms with E-state index in [1.165, 1.54) is 29.5 Å². The highest BCUT2D eigenvalue weighted by Crippen LogP contribution is 2.39. The topological polar surface area (TPSA) is 38.8 Å². The molecule has 0 unspecified atom stereocenters. The summed E-state index contributed by atoms with van der Waals surface area (Å²) in [6, 6.07) is 17.8. The molecule has 0 radical (unpaired) electrons. The fourth-order valence-corrected chi connectivity index (χ4v) is 5.19. The molecule has 174 valence electrons. The summed E-state index contributed by atoms with van der Waals surface area (Å²) in [6.45, 7) is 2.72. The molecule has 34 heavy (non-hydrogen) atoms. The summed E-state index contributed by atoms with van der Waals surface area (Å²) in [5.74, 6) is 0.618. The summed E-state index contributed by atoms with van der Waals surface area (Å²) in [4.78, 5) is 15.2. The number of hydrogen-bond donors (Lipinski definition) is 0. The van der Waals surface area contributed by atoms with Crippen LogP contribution in [0.2, 0.25) is 0 Å². The highest BCUT2D eigenvalue weighted by molar-refractivity contribution is 9.10. The number of carbonyl (C=O) groups is 1. The number of aryl methyl sites for hydroxylation is 1. The first-order valence-electron chi connectivity index (χ1n) is 10.4. The molecule has 0 saturated carbocycles. The molecule has 3 aromatic carbocycles. The first kappa shape index (κ1) is 24.4. The normalized spacial score (nSPS) is 14.7. The Bertz CT molecular complexity index is 1260. The van der Waals surface area contributed by atoms with Crippen LogP contribution >= 0.6 is 39.9 Å². The molecule has 4 rings (SSSR count). The van der Waals surface area contributed by atoms with Crippen LogP contribution in [0.1, 0.15) is 22.3 Å². The summed E-state index contributed by atoms with van der Waals surface area (Å²) in [6.07, 6.45) is 1.80. The number of rotatable bonds is 7. The van der Waals surface area contributed by atoms with Crippen molar-refractivity contribution in [3.63, 3.8) is 0 Å². The maximum Gasteiger partial charge on any atom is 0.266 e. The number of methoxy groups -OCH3 is 1. The van der Waals surface area contributed by atoms with Gasteiger partial charge in [-0.3, -0.25) is 9.69 Å². The van der Waals surface area contributed by atoms with Crippen LogP contribution in [0.4, 0.5) is 4.39 Å². The van der Waals surface area contributed by atoms with E-state index in [0.717, 1.165) is 16.7 Å². The maximum atomic E-state index is 13.1. The van der Waals surface area contributed by atoms with Gasteiger partial charge in [0.2, 0.25) is 0 Å². The Kier molecular flexibility index (Phi) is 7.70. The lowest BCUT2D eigenvalue weighted by atomic mass is 10.1. The lowest BCUT2D eigenvalue weighted by Gasteiger charge is -2.15. The molecule has 0 N–H and O–H groups in total. The van der Waals surface area contributed by atoms with Gasteiger partial charge >= 0.3 is 0 Å². The minimum atomic E-state index is -0.295. The highest BCUT2D eigenvalue weighted by Gasteiger charge is 2.32. The molecule has 1 aliphatic heterocycles. The molecule has 1 fully saturated rings. The number of thioether (sulfide) groups is 1. The molecule has 1 aliphatic rings. The van der Waals surface area contributed by atoms with Gasteiger partial charge < -0.3 is 9.47 Å². The van der Waals surface area contributed by atoms with Gasteiger partial charge in [0, 0.05) is 0 Å². The van der Waals surface area contributed by atoms with Crippen molar-refractivity contribution in [1.82, 2.24) is 4.90 Å². The summed E-state index contributed by atoms with van der Waals surface area (Å²) < 4.78 is 25.8. The van der Waals surface area contributed by atoms with Crippen molar-refractivity contribution in [1.29, 1.82) is 0 Å². The van der Waals surface area contributed by atoms with Crippen molar-refractivity contribution < 1.29 is 18.7 Å². The SMILES string of the molecule is COc1cc(/C=C2\SC(=S)N(Cc3ccc(C)cc3)C2=O)cc(Br)c1OCc1ccc(F)cc1. The van der Waals surface area contributed by atoms with E-state index in [-0.39, 0.29) is 18.3 Å². The lowest BCUT2D eigenvalue weighted by molar-refractivity contribution is -0.122. The van der Waals surface area contributed by atoms with Gasteiger partial charge in [0.05, 0.1) is 23.0 Å². The van der Waals surface area contributed by atoms with Gasteiger partial charge in [0.1, 0.15) is 16.7 Å². The van der Waals surface area contributed by atoms with E-state index < -0.39 is 0 Å². The molecule has 0 aliphatic carbocycles. The standard InChI is InChI=1S/C26H21BrFNO3S2/c1-16-3-5-17(6-4-16)14-29-25(30)23(34-26(29)33)13-19-11-21(27)24(22(12-19)31-2)32-15-18-7-9-20(28)10-8-18/h3-13H,14-15H2,1-2H3/b23-13-. The number of hydrogen-bond acceptors (Lipinski definition) is 5. The average molecular weight is 558 g/mol. The zero-order valence-corrected chi connectivity index (χ0v) is 21.7. The second-order valence-corrected chi connectivity index (χ2v) is 10.2. The molecule has 0 aromatic heterocycles. The Morgan fingerprint density at radius 2 is 1.76 bits per heavy atom. The Morgan fingerprint density at radius 1 is 1.09 bits per heavy atom. The van der Waals surface area contributed by atoms with E-state index in [0.29, 0.717) is 31.7 Å². The van der Waals surface area contributed by atoms with Crippen LogP contribution in [0.15, 0.2) is 70.0 Å². The summed E-state index contributed by atoms with van der Waals surface area (Å²) in [5, 5.41) is 0. The number of halogens is 2. The van der Waals surface area contributed by atoms with Crippen molar-refractivity contribution in [2.45, 2.75) is 20.1 Å². The van der Waals surface area contributed by atoms with Crippen molar-refractivity contribution in [2.24, 2.45) is 0 Å². The van der Waals surface area contributed by atoms with E-state index in [1.807, 2.05) is 37.3 Å². The number of carbonyl (C=O) groups excluding carboxylic acids is 1. The van der Waals surface area contributed by atoms with Gasteiger partial charge in [-0.1, -0.05) is 65.9 Å². The number of ether oxygens (including phenoxy) is 2. The summed E-state index contributed by atoms with van der Waals surface area (Å²) in [7, 11) is 1.55. The van der Waals surface area contributed by atoms with Crippen LogP contribution in [0, 0.1) is 12.7 Å². The highest BCUT2D eigenvalue weighted by atomic mass is 79.9. The monoisotopic (exact) mass is 557 g/mol. The molecule has 4 nitrogen and oxygen atoms in total. The molecule has 1 saturated heterocycles. The molecule has 3 aromatic rings. The second-order valence-electron chi connectivity index (χ2n) is 7.70. The third-order valence-corrected chi connectivity index (χ3v) is 7.15. The van der Waals surface area contributed by atoms with Crippen molar-refractivity contribution in [3.8, 4) is 11.5 Å². The van der Waals surface area contributed by atoms with Crippen molar-refractivity contribution in [2.75, 3.05) is 7.11 Å². The Hall–Kier alpha value is -2.68. The van der Waals surface area contributed by atoms with E-state index in [9.17, 15) is 9.18 Å². The van der Waals surface area contributed by atoms with Crippen LogP contribution in [0.5, 0.6) is 11.5 Å². The van der Waals surface area contributed by atoms with E-state index >= 15 is 0 Å². The van der Waals surface area contributed by atoms with Crippen LogP contribution in [0.3, 0.4) is 0 Å². The van der Waals surface area contributed by atoms with Crippen LogP contribution in [0.25, 0.3) is 6.08 Å². The van der Waals surface area contributed by atoms with Crippen LogP contribution < -0.4 is 9.47 Å². The molecule has 1 amide bonds. The molecule has 0 atom stereocenters. The second kappa shape index (κ2) is 10.7. The van der Waals surface area contributed by atoms with Crippen LogP contribution in [-0.4, -0.2) is 22.2 Å². The molecule has 0 bridgehead atoms. The first-order chi connectivity index (χ1) is 16.3. The third-order valence-electron chi connectivity index (χ3n) is 5.18. The van der Waals surface area contributed by atoms with E-state index in [2.05, 4.69) is 15.9 Å². The fourth-order valence-electron chi connectivity index (χ4n) is 3.36. The number of thiocarbonyl (C=S) groups is 1. The van der Waals surface area contributed by atoms with Gasteiger partial charge in [-0.05, 0) is 69.9 Å². The Labute approximate surface area is 215 Å². The smallest absolute Gasteiger partial charge is 0.266 e. The average Bonchev–Trinajstić information content (AvgIpc) is 3.07. The molecule has 1 heterocycles. The molecule has 0 spiro atoms. The van der Waals surface area contributed by atoms with Gasteiger partial charge in [0.25, 0.3) is 5.91 Å². The predicted octanol–water partition coefficient (Wildman–Crippen LogP) is 6.89. The van der Waals surface area contributed by atoms with Gasteiger partial charge in [-0.25, -0.2) is 4.39 Å². The third kappa shape index (κ3) is 5.68.